The first-order valence-corrected chi connectivity index (χ1v) is 6.63. The monoisotopic (exact) mass is 203 g/mol. The minimum absolute atomic E-state index is 0.638. The highest BCUT2D eigenvalue weighted by Crippen LogP contribution is 2.11. The number of nitrogens with one attached hydrogen (secondary N) is 1. The number of hydrogen-bond donors (Lipinski definition) is 1. The lowest BCUT2D eigenvalue weighted by Crippen LogP contribution is -2.24. The summed E-state index contributed by atoms with van der Waals surface area (Å²) in [6.07, 6.45) is 2.62. The SMILES string of the molecule is CCC(C)CSCCCNC(C)C. The third kappa shape index (κ3) is 10.2. The van der Waals surface area contributed by atoms with E-state index in [2.05, 4.69) is 44.8 Å². The average Bonchev–Trinajstić information content (AvgIpc) is 2.10. The maximum Gasteiger partial charge on any atom is 0.00103 e. The zero-order valence-electron chi connectivity index (χ0n) is 9.60. The molecule has 80 valence electrons. The molecule has 2 heteroatoms. The summed E-state index contributed by atoms with van der Waals surface area (Å²) >= 11 is 2.10. The van der Waals surface area contributed by atoms with Crippen LogP contribution in [0.3, 0.4) is 0 Å². The predicted octanol–water partition coefficient (Wildman–Crippen LogP) is 3.15. The van der Waals surface area contributed by atoms with Crippen molar-refractivity contribution >= 4 is 11.8 Å². The maximum atomic E-state index is 3.43. The van der Waals surface area contributed by atoms with Crippen LogP contribution in [0, 0.1) is 5.92 Å². The summed E-state index contributed by atoms with van der Waals surface area (Å²) < 4.78 is 0. The van der Waals surface area contributed by atoms with E-state index in [0.717, 1.165) is 5.92 Å². The lowest BCUT2D eigenvalue weighted by Gasteiger charge is -2.09. The first kappa shape index (κ1) is 13.3. The second kappa shape index (κ2) is 8.89. The molecule has 0 spiro atoms. The van der Waals surface area contributed by atoms with Gasteiger partial charge in [0.1, 0.15) is 0 Å². The van der Waals surface area contributed by atoms with Crippen LogP contribution in [0.2, 0.25) is 0 Å². The number of hydrogen-bond acceptors (Lipinski definition) is 2. The fourth-order valence-corrected chi connectivity index (χ4v) is 2.12. The Hall–Kier alpha value is 0.310. The highest BCUT2D eigenvalue weighted by molar-refractivity contribution is 7.99. The summed E-state index contributed by atoms with van der Waals surface area (Å²) in [6.45, 7) is 10.2. The van der Waals surface area contributed by atoms with Gasteiger partial charge < -0.3 is 5.32 Å². The van der Waals surface area contributed by atoms with Crippen LogP contribution < -0.4 is 5.32 Å². The van der Waals surface area contributed by atoms with Crippen LogP contribution in [0.4, 0.5) is 0 Å². The van der Waals surface area contributed by atoms with E-state index < -0.39 is 0 Å². The second-order valence-electron chi connectivity index (χ2n) is 4.05. The molecular weight excluding hydrogens is 178 g/mol. The fraction of sp³-hybridized carbons (Fsp3) is 1.00. The minimum atomic E-state index is 0.638. The summed E-state index contributed by atoms with van der Waals surface area (Å²) in [4.78, 5) is 0. The Bertz CT molecular complexity index is 104. The third-order valence-electron chi connectivity index (χ3n) is 2.12. The van der Waals surface area contributed by atoms with Gasteiger partial charge >= 0.3 is 0 Å². The van der Waals surface area contributed by atoms with Crippen molar-refractivity contribution in [1.29, 1.82) is 0 Å². The first-order chi connectivity index (χ1) is 6.16. The van der Waals surface area contributed by atoms with E-state index in [1.54, 1.807) is 0 Å². The van der Waals surface area contributed by atoms with E-state index in [1.165, 1.54) is 30.9 Å². The van der Waals surface area contributed by atoms with Gasteiger partial charge in [-0.25, -0.2) is 0 Å². The van der Waals surface area contributed by atoms with E-state index in [0.29, 0.717) is 6.04 Å². The largest absolute Gasteiger partial charge is 0.315 e. The van der Waals surface area contributed by atoms with Crippen LogP contribution in [0.1, 0.15) is 40.5 Å². The fourth-order valence-electron chi connectivity index (χ4n) is 0.967. The van der Waals surface area contributed by atoms with Crippen molar-refractivity contribution in [3.8, 4) is 0 Å². The molecular formula is C11H25NS. The summed E-state index contributed by atoms with van der Waals surface area (Å²) in [5.74, 6) is 3.53. The first-order valence-electron chi connectivity index (χ1n) is 5.48. The van der Waals surface area contributed by atoms with Crippen molar-refractivity contribution < 1.29 is 0 Å². The Morgan fingerprint density at radius 3 is 2.46 bits per heavy atom. The lowest BCUT2D eigenvalue weighted by molar-refractivity contribution is 0.585. The van der Waals surface area contributed by atoms with Crippen molar-refractivity contribution in [2.75, 3.05) is 18.1 Å². The van der Waals surface area contributed by atoms with Crippen LogP contribution in [-0.4, -0.2) is 24.1 Å². The van der Waals surface area contributed by atoms with Crippen LogP contribution in [0.25, 0.3) is 0 Å². The van der Waals surface area contributed by atoms with Gasteiger partial charge in [0.25, 0.3) is 0 Å². The van der Waals surface area contributed by atoms with Gasteiger partial charge in [-0.05, 0) is 30.4 Å². The number of rotatable bonds is 8. The van der Waals surface area contributed by atoms with Crippen molar-refractivity contribution in [2.45, 2.75) is 46.6 Å². The zero-order valence-corrected chi connectivity index (χ0v) is 10.4. The van der Waals surface area contributed by atoms with Gasteiger partial charge in [0.15, 0.2) is 0 Å². The van der Waals surface area contributed by atoms with Gasteiger partial charge in [-0.15, -0.1) is 0 Å². The molecule has 0 aliphatic carbocycles. The zero-order chi connectivity index (χ0) is 10.1. The van der Waals surface area contributed by atoms with Gasteiger partial charge in [0.2, 0.25) is 0 Å². The maximum absolute atomic E-state index is 3.43. The lowest BCUT2D eigenvalue weighted by atomic mass is 10.2. The van der Waals surface area contributed by atoms with E-state index in [4.69, 9.17) is 0 Å². The molecule has 0 fully saturated rings. The van der Waals surface area contributed by atoms with E-state index in [1.807, 2.05) is 0 Å². The molecule has 1 atom stereocenters. The molecule has 0 saturated carbocycles. The molecule has 0 amide bonds. The van der Waals surface area contributed by atoms with Crippen LogP contribution in [-0.2, 0) is 0 Å². The second-order valence-corrected chi connectivity index (χ2v) is 5.20. The van der Waals surface area contributed by atoms with Gasteiger partial charge in [0, 0.05) is 6.04 Å². The van der Waals surface area contributed by atoms with Crippen molar-refractivity contribution in [2.24, 2.45) is 5.92 Å². The Balaban J connectivity index is 2.99. The molecule has 1 unspecified atom stereocenters. The van der Waals surface area contributed by atoms with Crippen molar-refractivity contribution in [3.05, 3.63) is 0 Å². The summed E-state index contributed by atoms with van der Waals surface area (Å²) in [7, 11) is 0. The third-order valence-corrected chi connectivity index (χ3v) is 3.50. The van der Waals surface area contributed by atoms with E-state index in [-0.39, 0.29) is 0 Å². The van der Waals surface area contributed by atoms with Gasteiger partial charge in [0.05, 0.1) is 0 Å². The van der Waals surface area contributed by atoms with Gasteiger partial charge in [-0.1, -0.05) is 34.1 Å². The molecule has 0 bridgehead atoms. The normalized spacial score (nSPS) is 13.6. The Morgan fingerprint density at radius 2 is 1.92 bits per heavy atom. The Morgan fingerprint density at radius 1 is 1.23 bits per heavy atom. The number of thioether (sulfide) groups is 1. The topological polar surface area (TPSA) is 12.0 Å². The molecule has 0 aromatic heterocycles. The molecule has 1 nitrogen and oxygen atoms in total. The van der Waals surface area contributed by atoms with Crippen LogP contribution in [0.15, 0.2) is 0 Å². The highest BCUT2D eigenvalue weighted by atomic mass is 32.2. The predicted molar refractivity (Wildman–Crippen MR) is 64.5 cm³/mol. The Kier molecular flexibility index (Phi) is 9.10. The van der Waals surface area contributed by atoms with E-state index >= 15 is 0 Å². The smallest absolute Gasteiger partial charge is 0.00103 e. The van der Waals surface area contributed by atoms with Gasteiger partial charge in [-0.3, -0.25) is 0 Å². The minimum Gasteiger partial charge on any atom is -0.315 e. The quantitative estimate of drug-likeness (QED) is 0.608. The molecule has 0 saturated heterocycles. The van der Waals surface area contributed by atoms with E-state index in [9.17, 15) is 0 Å². The molecule has 0 radical (unpaired) electrons. The molecule has 0 aromatic rings. The van der Waals surface area contributed by atoms with Crippen molar-refractivity contribution in [1.82, 2.24) is 5.32 Å². The molecule has 0 rings (SSSR count). The Labute approximate surface area is 88.1 Å². The van der Waals surface area contributed by atoms with Crippen molar-refractivity contribution in [3.63, 3.8) is 0 Å². The molecule has 1 N–H and O–H groups in total. The highest BCUT2D eigenvalue weighted by Gasteiger charge is 1.98. The van der Waals surface area contributed by atoms with Crippen LogP contribution >= 0.6 is 11.8 Å². The van der Waals surface area contributed by atoms with Gasteiger partial charge in [-0.2, -0.15) is 11.8 Å². The summed E-state index contributed by atoms with van der Waals surface area (Å²) in [5, 5.41) is 3.43. The molecule has 0 aromatic carbocycles. The standard InChI is InChI=1S/C11H25NS/c1-5-11(4)9-13-8-6-7-12-10(2)3/h10-12H,5-9H2,1-4H3. The molecule has 13 heavy (non-hydrogen) atoms. The molecule has 0 aliphatic heterocycles. The molecule has 0 heterocycles. The summed E-state index contributed by atoms with van der Waals surface area (Å²) in [6, 6.07) is 0.638. The van der Waals surface area contributed by atoms with Crippen LogP contribution in [0.5, 0.6) is 0 Å². The summed E-state index contributed by atoms with van der Waals surface area (Å²) in [5.41, 5.74) is 0. The molecule has 0 aliphatic rings. The average molecular weight is 203 g/mol.